The van der Waals surface area contributed by atoms with Gasteiger partial charge in [0.2, 0.25) is 0 Å². The van der Waals surface area contributed by atoms with Gasteiger partial charge in [-0.15, -0.1) is 0 Å². The fraction of sp³-hybridized carbons (Fsp3) is 0.750. The molecule has 16 heavy (non-hydrogen) atoms. The predicted octanol–water partition coefficient (Wildman–Crippen LogP) is 0.997. The Bertz CT molecular complexity index is 369. The van der Waals surface area contributed by atoms with Crippen LogP contribution in [0.2, 0.25) is 0 Å². The number of nitrogens with zero attached hydrogens (tertiary/aromatic N) is 3. The molecular formula is C12H20N4. The minimum atomic E-state index is 0.569. The van der Waals surface area contributed by atoms with Gasteiger partial charge in [-0.1, -0.05) is 0 Å². The fourth-order valence-corrected chi connectivity index (χ4v) is 2.62. The van der Waals surface area contributed by atoms with Gasteiger partial charge in [-0.2, -0.15) is 5.10 Å². The van der Waals surface area contributed by atoms with Gasteiger partial charge < -0.3 is 10.2 Å². The molecule has 0 bridgehead atoms. The Morgan fingerprint density at radius 3 is 2.88 bits per heavy atom. The lowest BCUT2D eigenvalue weighted by molar-refractivity contribution is 0.376. The van der Waals surface area contributed by atoms with Gasteiger partial charge in [-0.25, -0.2) is 0 Å². The second kappa shape index (κ2) is 3.77. The predicted molar refractivity (Wildman–Crippen MR) is 64.5 cm³/mol. The standard InChI is InChI=1S/C12H20N4/c1-9-5-13-12(10-3-4-10)8-16(9)11-6-14-15(2)7-11/h6-7,9-10,12-13H,3-5,8H2,1-2H3. The highest BCUT2D eigenvalue weighted by atomic mass is 15.3. The molecule has 4 nitrogen and oxygen atoms in total. The Morgan fingerprint density at radius 2 is 2.25 bits per heavy atom. The summed E-state index contributed by atoms with van der Waals surface area (Å²) in [5, 5.41) is 7.93. The molecule has 3 rings (SSSR count). The molecule has 1 aliphatic heterocycles. The summed E-state index contributed by atoms with van der Waals surface area (Å²) in [5.41, 5.74) is 1.27. The first-order chi connectivity index (χ1) is 7.74. The van der Waals surface area contributed by atoms with Gasteiger partial charge in [0, 0.05) is 38.4 Å². The first-order valence-electron chi connectivity index (χ1n) is 6.22. The molecule has 2 unspecified atom stereocenters. The third kappa shape index (κ3) is 1.82. The van der Waals surface area contributed by atoms with Crippen LogP contribution in [0.1, 0.15) is 19.8 Å². The Balaban J connectivity index is 1.76. The molecule has 4 heteroatoms. The van der Waals surface area contributed by atoms with E-state index >= 15 is 0 Å². The van der Waals surface area contributed by atoms with Crippen LogP contribution < -0.4 is 10.2 Å². The van der Waals surface area contributed by atoms with Crippen molar-refractivity contribution in [2.75, 3.05) is 18.0 Å². The molecule has 1 aromatic rings. The van der Waals surface area contributed by atoms with Crippen molar-refractivity contribution < 1.29 is 0 Å². The summed E-state index contributed by atoms with van der Waals surface area (Å²) in [4.78, 5) is 2.49. The summed E-state index contributed by atoms with van der Waals surface area (Å²) < 4.78 is 1.89. The molecule has 2 fully saturated rings. The van der Waals surface area contributed by atoms with Gasteiger partial charge in [0.25, 0.3) is 0 Å². The molecule has 2 aliphatic rings. The SMILES string of the molecule is CC1CNC(C2CC2)CN1c1cnn(C)c1. The van der Waals surface area contributed by atoms with Gasteiger partial charge in [0.15, 0.2) is 0 Å². The third-order valence-corrected chi connectivity index (χ3v) is 3.81. The summed E-state index contributed by atoms with van der Waals surface area (Å²) in [7, 11) is 1.98. The van der Waals surface area contributed by atoms with E-state index in [1.807, 2.05) is 17.9 Å². The topological polar surface area (TPSA) is 33.1 Å². The average molecular weight is 220 g/mol. The zero-order valence-electron chi connectivity index (χ0n) is 10.1. The van der Waals surface area contributed by atoms with Gasteiger partial charge in [-0.3, -0.25) is 4.68 Å². The molecule has 0 spiro atoms. The van der Waals surface area contributed by atoms with Crippen LogP contribution in [-0.4, -0.2) is 35.0 Å². The lowest BCUT2D eigenvalue weighted by Gasteiger charge is -2.39. The first kappa shape index (κ1) is 10.1. The number of anilines is 1. The maximum absolute atomic E-state index is 4.27. The van der Waals surface area contributed by atoms with Gasteiger partial charge >= 0.3 is 0 Å². The number of aryl methyl sites for hydroxylation is 1. The van der Waals surface area contributed by atoms with Crippen molar-refractivity contribution in [3.63, 3.8) is 0 Å². The molecule has 1 N–H and O–H groups in total. The number of rotatable bonds is 2. The van der Waals surface area contributed by atoms with Gasteiger partial charge in [-0.05, 0) is 25.7 Å². The van der Waals surface area contributed by atoms with Crippen molar-refractivity contribution in [2.24, 2.45) is 13.0 Å². The molecule has 1 saturated heterocycles. The van der Waals surface area contributed by atoms with E-state index in [9.17, 15) is 0 Å². The molecule has 2 atom stereocenters. The third-order valence-electron chi connectivity index (χ3n) is 3.81. The lowest BCUT2D eigenvalue weighted by Crippen LogP contribution is -2.56. The molecule has 88 valence electrons. The highest BCUT2D eigenvalue weighted by Gasteiger charge is 2.36. The Kier molecular flexibility index (Phi) is 2.39. The zero-order valence-corrected chi connectivity index (χ0v) is 10.1. The van der Waals surface area contributed by atoms with Crippen molar-refractivity contribution in [3.8, 4) is 0 Å². The van der Waals surface area contributed by atoms with E-state index < -0.39 is 0 Å². The van der Waals surface area contributed by atoms with Crippen LogP contribution in [0.15, 0.2) is 12.4 Å². The maximum Gasteiger partial charge on any atom is 0.0755 e. The maximum atomic E-state index is 4.27. The number of aromatic nitrogens is 2. The normalized spacial score (nSPS) is 30.8. The Morgan fingerprint density at radius 1 is 1.44 bits per heavy atom. The quantitative estimate of drug-likeness (QED) is 0.807. The molecule has 0 amide bonds. The van der Waals surface area contributed by atoms with Crippen molar-refractivity contribution in [2.45, 2.75) is 31.8 Å². The van der Waals surface area contributed by atoms with E-state index in [1.54, 1.807) is 0 Å². The first-order valence-corrected chi connectivity index (χ1v) is 6.22. The van der Waals surface area contributed by atoms with Crippen LogP contribution in [0, 0.1) is 5.92 Å². The summed E-state index contributed by atoms with van der Waals surface area (Å²) in [6.07, 6.45) is 6.91. The highest BCUT2D eigenvalue weighted by Crippen LogP contribution is 2.35. The van der Waals surface area contributed by atoms with Crippen LogP contribution in [0.4, 0.5) is 5.69 Å². The number of piperazine rings is 1. The summed E-state index contributed by atoms with van der Waals surface area (Å²) in [6.45, 7) is 4.51. The highest BCUT2D eigenvalue weighted by molar-refractivity contribution is 5.44. The van der Waals surface area contributed by atoms with Crippen LogP contribution in [-0.2, 0) is 7.05 Å². The molecular weight excluding hydrogens is 200 g/mol. The molecule has 1 saturated carbocycles. The zero-order chi connectivity index (χ0) is 11.1. The largest absolute Gasteiger partial charge is 0.363 e. The summed E-state index contributed by atoms with van der Waals surface area (Å²) in [5.74, 6) is 0.923. The molecule has 0 aromatic carbocycles. The van der Waals surface area contributed by atoms with E-state index in [4.69, 9.17) is 0 Å². The minimum Gasteiger partial charge on any atom is -0.363 e. The minimum absolute atomic E-state index is 0.569. The van der Waals surface area contributed by atoms with Gasteiger partial charge in [0.05, 0.1) is 11.9 Å². The lowest BCUT2D eigenvalue weighted by atomic mass is 10.1. The molecule has 2 heterocycles. The Labute approximate surface area is 96.6 Å². The summed E-state index contributed by atoms with van der Waals surface area (Å²) >= 11 is 0. The molecule has 0 radical (unpaired) electrons. The van der Waals surface area contributed by atoms with Gasteiger partial charge in [0.1, 0.15) is 0 Å². The average Bonchev–Trinajstić information content (AvgIpc) is 3.03. The Hall–Kier alpha value is -1.03. The van der Waals surface area contributed by atoms with Crippen LogP contribution >= 0.6 is 0 Å². The second-order valence-electron chi connectivity index (χ2n) is 5.23. The molecule has 1 aromatic heterocycles. The smallest absolute Gasteiger partial charge is 0.0755 e. The fourth-order valence-electron chi connectivity index (χ4n) is 2.62. The summed E-state index contributed by atoms with van der Waals surface area (Å²) in [6, 6.07) is 1.26. The van der Waals surface area contributed by atoms with E-state index in [-0.39, 0.29) is 0 Å². The van der Waals surface area contributed by atoms with Crippen LogP contribution in [0.25, 0.3) is 0 Å². The molecule has 1 aliphatic carbocycles. The van der Waals surface area contributed by atoms with Crippen molar-refractivity contribution in [1.29, 1.82) is 0 Å². The van der Waals surface area contributed by atoms with Crippen molar-refractivity contribution >= 4 is 5.69 Å². The van der Waals surface area contributed by atoms with Crippen molar-refractivity contribution in [1.82, 2.24) is 15.1 Å². The van der Waals surface area contributed by atoms with Crippen LogP contribution in [0.5, 0.6) is 0 Å². The van der Waals surface area contributed by atoms with E-state index in [0.29, 0.717) is 12.1 Å². The monoisotopic (exact) mass is 220 g/mol. The van der Waals surface area contributed by atoms with E-state index in [0.717, 1.165) is 19.0 Å². The van der Waals surface area contributed by atoms with Crippen LogP contribution in [0.3, 0.4) is 0 Å². The second-order valence-corrected chi connectivity index (χ2v) is 5.23. The van der Waals surface area contributed by atoms with E-state index in [2.05, 4.69) is 28.4 Å². The number of hydrogen-bond acceptors (Lipinski definition) is 3. The number of hydrogen-bond donors (Lipinski definition) is 1. The van der Waals surface area contributed by atoms with Crippen molar-refractivity contribution in [3.05, 3.63) is 12.4 Å². The van der Waals surface area contributed by atoms with E-state index in [1.165, 1.54) is 18.5 Å². The number of nitrogens with one attached hydrogen (secondary N) is 1.